The summed E-state index contributed by atoms with van der Waals surface area (Å²) >= 11 is 0. The standard InChI is InChI=1S/C18H24N2O/c19-16(11-14-7-3-1-4-8-14)13-18(21)17(20)12-15-9-5-2-6-10-15/h1-10,16-18,21H,11-13,19-20H2/t16?,17-,18+/m0/s1. The first-order valence-corrected chi connectivity index (χ1v) is 7.42. The molecule has 3 heteroatoms. The molecule has 112 valence electrons. The number of nitrogens with two attached hydrogens (primary N) is 2. The molecular weight excluding hydrogens is 260 g/mol. The van der Waals surface area contributed by atoms with Gasteiger partial charge in [-0.3, -0.25) is 0 Å². The van der Waals surface area contributed by atoms with Crippen molar-refractivity contribution in [3.63, 3.8) is 0 Å². The zero-order chi connectivity index (χ0) is 15.1. The molecule has 0 amide bonds. The first-order valence-electron chi connectivity index (χ1n) is 7.42. The van der Waals surface area contributed by atoms with E-state index in [1.807, 2.05) is 48.5 Å². The van der Waals surface area contributed by atoms with Crippen LogP contribution in [0.4, 0.5) is 0 Å². The summed E-state index contributed by atoms with van der Waals surface area (Å²) in [6, 6.07) is 19.7. The number of hydrogen-bond acceptors (Lipinski definition) is 3. The molecule has 0 radical (unpaired) electrons. The van der Waals surface area contributed by atoms with E-state index in [0.29, 0.717) is 12.8 Å². The van der Waals surface area contributed by atoms with E-state index in [4.69, 9.17) is 11.5 Å². The zero-order valence-electron chi connectivity index (χ0n) is 12.2. The van der Waals surface area contributed by atoms with Crippen LogP contribution in [-0.4, -0.2) is 23.3 Å². The minimum atomic E-state index is -0.580. The predicted octanol–water partition coefficient (Wildman–Crippen LogP) is 1.88. The summed E-state index contributed by atoms with van der Waals surface area (Å²) in [5, 5.41) is 10.2. The Hall–Kier alpha value is -1.68. The fraction of sp³-hybridized carbons (Fsp3) is 0.333. The summed E-state index contributed by atoms with van der Waals surface area (Å²) in [6.07, 6.45) is 1.36. The van der Waals surface area contributed by atoms with Crippen LogP contribution in [0.15, 0.2) is 60.7 Å². The van der Waals surface area contributed by atoms with Crippen molar-refractivity contribution in [2.24, 2.45) is 11.5 Å². The summed E-state index contributed by atoms with van der Waals surface area (Å²) in [5.41, 5.74) is 14.5. The minimum Gasteiger partial charge on any atom is -0.391 e. The van der Waals surface area contributed by atoms with Crippen molar-refractivity contribution >= 4 is 0 Å². The Balaban J connectivity index is 1.81. The van der Waals surface area contributed by atoms with E-state index in [9.17, 15) is 5.11 Å². The average Bonchev–Trinajstić information content (AvgIpc) is 2.49. The van der Waals surface area contributed by atoms with Gasteiger partial charge in [-0.05, 0) is 30.4 Å². The number of hydrogen-bond donors (Lipinski definition) is 3. The van der Waals surface area contributed by atoms with Gasteiger partial charge in [0.25, 0.3) is 0 Å². The third-order valence-corrected chi connectivity index (χ3v) is 3.69. The van der Waals surface area contributed by atoms with Crippen LogP contribution in [0, 0.1) is 0 Å². The van der Waals surface area contributed by atoms with Crippen LogP contribution in [0.3, 0.4) is 0 Å². The Bertz CT molecular complexity index is 515. The monoisotopic (exact) mass is 284 g/mol. The van der Waals surface area contributed by atoms with Crippen molar-refractivity contribution < 1.29 is 5.11 Å². The highest BCUT2D eigenvalue weighted by Crippen LogP contribution is 2.10. The molecule has 5 N–H and O–H groups in total. The fourth-order valence-electron chi connectivity index (χ4n) is 2.51. The van der Waals surface area contributed by atoms with E-state index in [-0.39, 0.29) is 12.1 Å². The van der Waals surface area contributed by atoms with E-state index in [0.717, 1.165) is 12.0 Å². The van der Waals surface area contributed by atoms with Crippen LogP contribution in [0.1, 0.15) is 17.5 Å². The van der Waals surface area contributed by atoms with Gasteiger partial charge in [0.2, 0.25) is 0 Å². The second-order valence-corrected chi connectivity index (χ2v) is 5.61. The Labute approximate surface area is 126 Å². The summed E-state index contributed by atoms with van der Waals surface area (Å²) < 4.78 is 0. The third kappa shape index (κ3) is 5.31. The second-order valence-electron chi connectivity index (χ2n) is 5.61. The van der Waals surface area contributed by atoms with Crippen molar-refractivity contribution in [1.82, 2.24) is 0 Å². The molecule has 0 heterocycles. The van der Waals surface area contributed by atoms with Crippen LogP contribution in [0.5, 0.6) is 0 Å². The van der Waals surface area contributed by atoms with Crippen molar-refractivity contribution in [3.8, 4) is 0 Å². The van der Waals surface area contributed by atoms with Crippen molar-refractivity contribution in [2.75, 3.05) is 0 Å². The van der Waals surface area contributed by atoms with Gasteiger partial charge in [-0.1, -0.05) is 60.7 Å². The first kappa shape index (κ1) is 15.7. The molecule has 0 saturated carbocycles. The van der Waals surface area contributed by atoms with Gasteiger partial charge in [-0.15, -0.1) is 0 Å². The normalized spacial score (nSPS) is 15.4. The smallest absolute Gasteiger partial charge is 0.0709 e. The topological polar surface area (TPSA) is 72.3 Å². The van der Waals surface area contributed by atoms with Crippen LogP contribution in [0.2, 0.25) is 0 Å². The molecule has 3 nitrogen and oxygen atoms in total. The average molecular weight is 284 g/mol. The van der Waals surface area contributed by atoms with Gasteiger partial charge in [-0.2, -0.15) is 0 Å². The molecule has 0 aromatic heterocycles. The largest absolute Gasteiger partial charge is 0.391 e. The molecule has 2 rings (SSSR count). The van der Waals surface area contributed by atoms with Crippen LogP contribution < -0.4 is 11.5 Å². The molecular formula is C18H24N2O. The minimum absolute atomic E-state index is 0.0794. The van der Waals surface area contributed by atoms with Crippen molar-refractivity contribution in [3.05, 3.63) is 71.8 Å². The van der Waals surface area contributed by atoms with E-state index >= 15 is 0 Å². The lowest BCUT2D eigenvalue weighted by atomic mass is 9.95. The molecule has 2 aromatic carbocycles. The molecule has 3 atom stereocenters. The Morgan fingerprint density at radius 2 is 1.24 bits per heavy atom. The van der Waals surface area contributed by atoms with Crippen molar-refractivity contribution in [1.29, 1.82) is 0 Å². The van der Waals surface area contributed by atoms with E-state index < -0.39 is 6.10 Å². The molecule has 1 unspecified atom stereocenters. The van der Waals surface area contributed by atoms with Crippen LogP contribution in [-0.2, 0) is 12.8 Å². The summed E-state index contributed by atoms with van der Waals surface area (Å²) in [7, 11) is 0. The molecule has 0 aliphatic heterocycles. The maximum Gasteiger partial charge on any atom is 0.0709 e. The molecule has 21 heavy (non-hydrogen) atoms. The predicted molar refractivity (Wildman–Crippen MR) is 86.9 cm³/mol. The van der Waals surface area contributed by atoms with E-state index in [1.165, 1.54) is 5.56 Å². The quantitative estimate of drug-likeness (QED) is 0.727. The molecule has 0 fully saturated rings. The van der Waals surface area contributed by atoms with Gasteiger partial charge < -0.3 is 16.6 Å². The molecule has 2 aromatic rings. The Kier molecular flexibility index (Phi) is 5.93. The van der Waals surface area contributed by atoms with Gasteiger partial charge in [0.1, 0.15) is 0 Å². The SMILES string of the molecule is NC(Cc1ccccc1)C[C@@H](O)[C@@H](N)Cc1ccccc1. The summed E-state index contributed by atoms with van der Waals surface area (Å²) in [6.45, 7) is 0. The van der Waals surface area contributed by atoms with Crippen molar-refractivity contribution in [2.45, 2.75) is 37.5 Å². The lowest BCUT2D eigenvalue weighted by Gasteiger charge is -2.22. The van der Waals surface area contributed by atoms with Gasteiger partial charge in [-0.25, -0.2) is 0 Å². The number of aliphatic hydroxyl groups excluding tert-OH is 1. The lowest BCUT2D eigenvalue weighted by molar-refractivity contribution is 0.126. The first-order chi connectivity index (χ1) is 10.1. The molecule has 0 aliphatic carbocycles. The highest BCUT2D eigenvalue weighted by molar-refractivity contribution is 5.17. The highest BCUT2D eigenvalue weighted by Gasteiger charge is 2.18. The van der Waals surface area contributed by atoms with Gasteiger partial charge in [0, 0.05) is 12.1 Å². The van der Waals surface area contributed by atoms with E-state index in [2.05, 4.69) is 12.1 Å². The number of aliphatic hydroxyl groups is 1. The maximum atomic E-state index is 10.2. The zero-order valence-corrected chi connectivity index (χ0v) is 12.2. The molecule has 0 bridgehead atoms. The number of rotatable bonds is 7. The van der Waals surface area contributed by atoms with E-state index in [1.54, 1.807) is 0 Å². The summed E-state index contributed by atoms with van der Waals surface area (Å²) in [5.74, 6) is 0. The van der Waals surface area contributed by atoms with Gasteiger partial charge in [0.05, 0.1) is 6.10 Å². The third-order valence-electron chi connectivity index (χ3n) is 3.69. The Morgan fingerprint density at radius 3 is 1.76 bits per heavy atom. The lowest BCUT2D eigenvalue weighted by Crippen LogP contribution is -2.41. The Morgan fingerprint density at radius 1 is 0.762 bits per heavy atom. The van der Waals surface area contributed by atoms with Crippen LogP contribution >= 0.6 is 0 Å². The summed E-state index contributed by atoms with van der Waals surface area (Å²) in [4.78, 5) is 0. The van der Waals surface area contributed by atoms with Gasteiger partial charge >= 0.3 is 0 Å². The molecule has 0 saturated heterocycles. The fourth-order valence-corrected chi connectivity index (χ4v) is 2.51. The maximum absolute atomic E-state index is 10.2. The molecule has 0 aliphatic rings. The van der Waals surface area contributed by atoms with Crippen LogP contribution in [0.25, 0.3) is 0 Å². The number of benzene rings is 2. The molecule has 0 spiro atoms. The second kappa shape index (κ2) is 7.93. The van der Waals surface area contributed by atoms with Gasteiger partial charge in [0.15, 0.2) is 0 Å². The highest BCUT2D eigenvalue weighted by atomic mass is 16.3.